The number of aryl methyl sites for hydroxylation is 1. The van der Waals surface area contributed by atoms with Crippen LogP contribution in [0.2, 0.25) is 0 Å². The second-order valence-corrected chi connectivity index (χ2v) is 4.24. The van der Waals surface area contributed by atoms with Crippen LogP contribution in [0.25, 0.3) is 0 Å². The Hall–Kier alpha value is -1.14. The molecular formula is C10H16N2O3S. The lowest BCUT2D eigenvalue weighted by Gasteiger charge is -2.01. The molecule has 1 rings (SSSR count). The number of thiazole rings is 1. The van der Waals surface area contributed by atoms with Gasteiger partial charge in [0.2, 0.25) is 0 Å². The Morgan fingerprint density at radius 3 is 2.94 bits per heavy atom. The average Bonchev–Trinajstić information content (AvgIpc) is 2.65. The molecule has 0 unspecified atom stereocenters. The molecule has 1 heterocycles. The molecule has 0 saturated heterocycles. The summed E-state index contributed by atoms with van der Waals surface area (Å²) < 4.78 is 9.81. The van der Waals surface area contributed by atoms with E-state index >= 15 is 0 Å². The Labute approximate surface area is 98.8 Å². The molecule has 0 aliphatic rings. The second-order valence-electron chi connectivity index (χ2n) is 3.04. The normalized spacial score (nSPS) is 10.2. The summed E-state index contributed by atoms with van der Waals surface area (Å²) in [5.74, 6) is -0.397. The molecule has 0 saturated carbocycles. The molecule has 0 amide bonds. The molecule has 0 radical (unpaired) electrons. The van der Waals surface area contributed by atoms with Crippen LogP contribution in [-0.2, 0) is 9.47 Å². The lowest BCUT2D eigenvalue weighted by molar-refractivity contribution is 0.0594. The number of ether oxygens (including phenoxy) is 2. The molecule has 1 N–H and O–H groups in total. The summed E-state index contributed by atoms with van der Waals surface area (Å²) in [6.07, 6.45) is 0. The van der Waals surface area contributed by atoms with Crippen LogP contribution in [0, 0.1) is 6.92 Å². The van der Waals surface area contributed by atoms with Gasteiger partial charge >= 0.3 is 5.97 Å². The van der Waals surface area contributed by atoms with Crippen LogP contribution in [0.5, 0.6) is 0 Å². The van der Waals surface area contributed by atoms with E-state index < -0.39 is 5.97 Å². The van der Waals surface area contributed by atoms with Crippen LogP contribution in [0.3, 0.4) is 0 Å². The molecule has 1 aromatic rings. The number of anilines is 1. The highest BCUT2D eigenvalue weighted by atomic mass is 32.1. The number of hydrogen-bond donors (Lipinski definition) is 1. The molecule has 16 heavy (non-hydrogen) atoms. The predicted octanol–water partition coefficient (Wildman–Crippen LogP) is 1.69. The van der Waals surface area contributed by atoms with Gasteiger partial charge in [-0.1, -0.05) is 0 Å². The van der Waals surface area contributed by atoms with E-state index in [4.69, 9.17) is 4.74 Å². The molecule has 0 spiro atoms. The van der Waals surface area contributed by atoms with Gasteiger partial charge in [-0.2, -0.15) is 0 Å². The molecule has 0 atom stereocenters. The van der Waals surface area contributed by atoms with Crippen LogP contribution in [-0.4, -0.2) is 37.8 Å². The number of nitrogens with zero attached hydrogens (tertiary/aromatic N) is 1. The first-order valence-corrected chi connectivity index (χ1v) is 5.88. The zero-order valence-corrected chi connectivity index (χ0v) is 10.5. The van der Waals surface area contributed by atoms with Crippen molar-refractivity contribution in [2.24, 2.45) is 0 Å². The maximum absolute atomic E-state index is 11.3. The number of nitrogens with one attached hydrogen (secondary N) is 1. The van der Waals surface area contributed by atoms with Gasteiger partial charge in [-0.15, -0.1) is 11.3 Å². The topological polar surface area (TPSA) is 60.5 Å². The number of carbonyl (C=O) groups is 1. The fourth-order valence-electron chi connectivity index (χ4n) is 1.13. The molecular weight excluding hydrogens is 228 g/mol. The van der Waals surface area contributed by atoms with Crippen molar-refractivity contribution in [1.29, 1.82) is 0 Å². The third-order valence-corrected chi connectivity index (χ3v) is 2.83. The predicted molar refractivity (Wildman–Crippen MR) is 63.2 cm³/mol. The molecule has 0 aliphatic heterocycles. The van der Waals surface area contributed by atoms with Gasteiger partial charge in [-0.3, -0.25) is 0 Å². The molecule has 0 fully saturated rings. The van der Waals surface area contributed by atoms with Crippen LogP contribution >= 0.6 is 11.3 Å². The van der Waals surface area contributed by atoms with E-state index in [-0.39, 0.29) is 0 Å². The Kier molecular flexibility index (Phi) is 5.21. The molecule has 1 aromatic heterocycles. The third-order valence-electron chi connectivity index (χ3n) is 1.90. The van der Waals surface area contributed by atoms with Crippen LogP contribution < -0.4 is 5.32 Å². The Bertz CT molecular complexity index is 352. The highest BCUT2D eigenvalue weighted by Crippen LogP contribution is 2.22. The molecule has 5 nitrogen and oxygen atoms in total. The summed E-state index contributed by atoms with van der Waals surface area (Å²) in [4.78, 5) is 16.3. The SMILES string of the molecule is CCOCCNc1nc(C(=O)OC)c(C)s1. The third kappa shape index (κ3) is 3.46. The van der Waals surface area contributed by atoms with Gasteiger partial charge < -0.3 is 14.8 Å². The van der Waals surface area contributed by atoms with E-state index in [1.54, 1.807) is 0 Å². The summed E-state index contributed by atoms with van der Waals surface area (Å²) in [5.41, 5.74) is 0.381. The summed E-state index contributed by atoms with van der Waals surface area (Å²) in [6.45, 7) is 5.80. The highest BCUT2D eigenvalue weighted by Gasteiger charge is 2.15. The van der Waals surface area contributed by atoms with Gasteiger partial charge in [-0.05, 0) is 13.8 Å². The summed E-state index contributed by atoms with van der Waals surface area (Å²) in [5, 5.41) is 3.81. The van der Waals surface area contributed by atoms with Gasteiger partial charge in [0, 0.05) is 18.0 Å². The van der Waals surface area contributed by atoms with Crippen molar-refractivity contribution < 1.29 is 14.3 Å². The lowest BCUT2D eigenvalue weighted by Crippen LogP contribution is -2.09. The zero-order valence-electron chi connectivity index (χ0n) is 9.70. The second kappa shape index (κ2) is 6.44. The Balaban J connectivity index is 2.52. The number of methoxy groups -OCH3 is 1. The first-order valence-electron chi connectivity index (χ1n) is 5.06. The van der Waals surface area contributed by atoms with Crippen molar-refractivity contribution in [3.63, 3.8) is 0 Å². The average molecular weight is 244 g/mol. The molecule has 90 valence electrons. The minimum Gasteiger partial charge on any atom is -0.464 e. The van der Waals surface area contributed by atoms with Crippen molar-refractivity contribution in [3.8, 4) is 0 Å². The van der Waals surface area contributed by atoms with E-state index in [1.165, 1.54) is 18.4 Å². The number of rotatable bonds is 6. The molecule has 0 aromatic carbocycles. The van der Waals surface area contributed by atoms with Crippen molar-refractivity contribution >= 4 is 22.4 Å². The van der Waals surface area contributed by atoms with Crippen LogP contribution in [0.4, 0.5) is 5.13 Å². The van der Waals surface area contributed by atoms with E-state index in [0.717, 1.165) is 10.0 Å². The van der Waals surface area contributed by atoms with Gasteiger partial charge in [0.1, 0.15) is 0 Å². The summed E-state index contributed by atoms with van der Waals surface area (Å²) >= 11 is 1.44. The number of hydrogen-bond acceptors (Lipinski definition) is 6. The highest BCUT2D eigenvalue weighted by molar-refractivity contribution is 7.15. The first kappa shape index (κ1) is 12.9. The van der Waals surface area contributed by atoms with Crippen molar-refractivity contribution in [1.82, 2.24) is 4.98 Å². The Morgan fingerprint density at radius 2 is 2.31 bits per heavy atom. The van der Waals surface area contributed by atoms with Crippen LogP contribution in [0.15, 0.2) is 0 Å². The van der Waals surface area contributed by atoms with Gasteiger partial charge in [-0.25, -0.2) is 9.78 Å². The van der Waals surface area contributed by atoms with Crippen molar-refractivity contribution in [2.75, 3.05) is 32.2 Å². The monoisotopic (exact) mass is 244 g/mol. The smallest absolute Gasteiger partial charge is 0.357 e. The van der Waals surface area contributed by atoms with Crippen LogP contribution in [0.1, 0.15) is 22.3 Å². The van der Waals surface area contributed by atoms with E-state index in [1.807, 2.05) is 13.8 Å². The van der Waals surface area contributed by atoms with E-state index in [0.29, 0.717) is 25.5 Å². The quantitative estimate of drug-likeness (QED) is 0.609. The molecule has 6 heteroatoms. The van der Waals surface area contributed by atoms with Gasteiger partial charge in [0.25, 0.3) is 0 Å². The van der Waals surface area contributed by atoms with Crippen molar-refractivity contribution in [3.05, 3.63) is 10.6 Å². The first-order chi connectivity index (χ1) is 7.69. The molecule has 0 bridgehead atoms. The van der Waals surface area contributed by atoms with E-state index in [9.17, 15) is 4.79 Å². The Morgan fingerprint density at radius 1 is 1.56 bits per heavy atom. The van der Waals surface area contributed by atoms with E-state index in [2.05, 4.69) is 15.0 Å². The maximum atomic E-state index is 11.3. The largest absolute Gasteiger partial charge is 0.464 e. The number of aromatic nitrogens is 1. The van der Waals surface area contributed by atoms with Gasteiger partial charge in [0.05, 0.1) is 13.7 Å². The number of esters is 1. The zero-order chi connectivity index (χ0) is 12.0. The fraction of sp³-hybridized carbons (Fsp3) is 0.600. The number of carbonyl (C=O) groups excluding carboxylic acids is 1. The standard InChI is InChI=1S/C10H16N2O3S/c1-4-15-6-5-11-10-12-8(7(2)16-10)9(13)14-3/h4-6H2,1-3H3,(H,11,12). The maximum Gasteiger partial charge on any atom is 0.357 e. The summed E-state index contributed by atoms with van der Waals surface area (Å²) in [6, 6.07) is 0. The van der Waals surface area contributed by atoms with Gasteiger partial charge in [0.15, 0.2) is 10.8 Å². The lowest BCUT2D eigenvalue weighted by atomic mass is 10.4. The minimum absolute atomic E-state index is 0.381. The fourth-order valence-corrected chi connectivity index (χ4v) is 1.96. The summed E-state index contributed by atoms with van der Waals surface area (Å²) in [7, 11) is 1.35. The minimum atomic E-state index is -0.397. The molecule has 0 aliphatic carbocycles. The van der Waals surface area contributed by atoms with Crippen molar-refractivity contribution in [2.45, 2.75) is 13.8 Å².